The Morgan fingerprint density at radius 1 is 1.22 bits per heavy atom. The van der Waals surface area contributed by atoms with Gasteiger partial charge in [0.25, 0.3) is 0 Å². The molecule has 0 radical (unpaired) electrons. The van der Waals surface area contributed by atoms with Crippen molar-refractivity contribution in [3.63, 3.8) is 0 Å². The van der Waals surface area contributed by atoms with Crippen molar-refractivity contribution in [2.24, 2.45) is 0 Å². The number of aliphatic hydroxyl groups is 1. The smallest absolute Gasteiger partial charge is 0.123 e. The topological polar surface area (TPSA) is 45.1 Å². The maximum absolute atomic E-state index is 12.8. The number of hydrogen-bond acceptors (Lipinski definition) is 4. The fourth-order valence-electron chi connectivity index (χ4n) is 1.58. The third-order valence-corrected chi connectivity index (χ3v) is 3.40. The first kappa shape index (κ1) is 13.1. The van der Waals surface area contributed by atoms with Crippen LogP contribution >= 0.6 is 11.3 Å². The molecule has 0 saturated heterocycles. The lowest BCUT2D eigenvalue weighted by Gasteiger charge is -1.99. The van der Waals surface area contributed by atoms with Crippen LogP contribution in [0.1, 0.15) is 5.01 Å². The maximum Gasteiger partial charge on any atom is 0.123 e. The Bertz CT molecular complexity index is 484. The van der Waals surface area contributed by atoms with Crippen LogP contribution in [0.5, 0.6) is 0 Å². The summed E-state index contributed by atoms with van der Waals surface area (Å²) in [7, 11) is 0. The van der Waals surface area contributed by atoms with Crippen LogP contribution in [0, 0.1) is 5.82 Å². The number of nitrogens with one attached hydrogen (secondary N) is 1. The molecule has 0 atom stereocenters. The van der Waals surface area contributed by atoms with E-state index in [4.69, 9.17) is 5.11 Å². The van der Waals surface area contributed by atoms with Crippen LogP contribution in [0.4, 0.5) is 4.39 Å². The second-order valence-corrected chi connectivity index (χ2v) is 4.80. The number of thiazole rings is 1. The van der Waals surface area contributed by atoms with E-state index in [1.54, 1.807) is 23.5 Å². The van der Waals surface area contributed by atoms with Gasteiger partial charge in [0.15, 0.2) is 0 Å². The van der Waals surface area contributed by atoms with Crippen molar-refractivity contribution in [2.75, 3.05) is 19.7 Å². The fourth-order valence-corrected chi connectivity index (χ4v) is 2.39. The molecule has 0 aliphatic rings. The quantitative estimate of drug-likeness (QED) is 0.787. The Morgan fingerprint density at radius 2 is 2.00 bits per heavy atom. The van der Waals surface area contributed by atoms with Gasteiger partial charge in [-0.15, -0.1) is 11.3 Å². The summed E-state index contributed by atoms with van der Waals surface area (Å²) < 4.78 is 12.8. The molecule has 2 aromatic rings. The van der Waals surface area contributed by atoms with Crippen molar-refractivity contribution >= 4 is 11.3 Å². The maximum atomic E-state index is 12.8. The monoisotopic (exact) mass is 266 g/mol. The van der Waals surface area contributed by atoms with Gasteiger partial charge in [-0.2, -0.15) is 0 Å². The molecule has 0 saturated carbocycles. The van der Waals surface area contributed by atoms with Crippen molar-refractivity contribution in [2.45, 2.75) is 6.42 Å². The Hall–Kier alpha value is -1.30. The van der Waals surface area contributed by atoms with Gasteiger partial charge in [0.1, 0.15) is 5.82 Å². The highest BCUT2D eigenvalue weighted by Crippen LogP contribution is 2.22. The van der Waals surface area contributed by atoms with E-state index in [0.29, 0.717) is 6.54 Å². The molecule has 5 heteroatoms. The molecule has 1 aromatic heterocycles. The standard InChI is InChI=1S/C13H15FN2OS/c14-11-3-1-10(2-4-11)12-9-18-13(16-12)5-6-15-7-8-17/h1-4,9,15,17H,5-8H2. The Balaban J connectivity index is 1.95. The largest absolute Gasteiger partial charge is 0.395 e. The third-order valence-electron chi connectivity index (χ3n) is 2.50. The number of aromatic nitrogens is 1. The summed E-state index contributed by atoms with van der Waals surface area (Å²) in [6.45, 7) is 1.56. The van der Waals surface area contributed by atoms with E-state index in [-0.39, 0.29) is 12.4 Å². The zero-order valence-electron chi connectivity index (χ0n) is 9.90. The molecule has 0 unspecified atom stereocenters. The number of aliphatic hydroxyl groups excluding tert-OH is 1. The average Bonchev–Trinajstić information content (AvgIpc) is 2.84. The minimum Gasteiger partial charge on any atom is -0.395 e. The number of nitrogens with zero attached hydrogens (tertiary/aromatic N) is 1. The van der Waals surface area contributed by atoms with E-state index < -0.39 is 0 Å². The van der Waals surface area contributed by atoms with Crippen LogP contribution in [-0.2, 0) is 6.42 Å². The van der Waals surface area contributed by atoms with Gasteiger partial charge in [-0.3, -0.25) is 0 Å². The lowest BCUT2D eigenvalue weighted by Crippen LogP contribution is -2.20. The highest BCUT2D eigenvalue weighted by Gasteiger charge is 2.04. The van der Waals surface area contributed by atoms with Crippen molar-refractivity contribution in [3.05, 3.63) is 40.5 Å². The molecule has 1 heterocycles. The molecule has 0 amide bonds. The van der Waals surface area contributed by atoms with E-state index >= 15 is 0 Å². The number of benzene rings is 1. The molecule has 0 aliphatic carbocycles. The highest BCUT2D eigenvalue weighted by atomic mass is 32.1. The summed E-state index contributed by atoms with van der Waals surface area (Å²) in [5.41, 5.74) is 1.82. The molecular weight excluding hydrogens is 251 g/mol. The number of hydrogen-bond donors (Lipinski definition) is 2. The second-order valence-electron chi connectivity index (χ2n) is 3.86. The van der Waals surface area contributed by atoms with Crippen LogP contribution in [0.2, 0.25) is 0 Å². The van der Waals surface area contributed by atoms with E-state index in [1.165, 1.54) is 12.1 Å². The summed E-state index contributed by atoms with van der Waals surface area (Å²) >= 11 is 1.60. The van der Waals surface area contributed by atoms with Crippen LogP contribution in [-0.4, -0.2) is 29.8 Å². The Kier molecular flexibility index (Phi) is 4.81. The van der Waals surface area contributed by atoms with Gasteiger partial charge in [0.05, 0.1) is 17.3 Å². The molecule has 18 heavy (non-hydrogen) atoms. The van der Waals surface area contributed by atoms with E-state index in [2.05, 4.69) is 10.3 Å². The zero-order valence-corrected chi connectivity index (χ0v) is 10.7. The molecule has 0 spiro atoms. The van der Waals surface area contributed by atoms with Gasteiger partial charge < -0.3 is 10.4 Å². The first-order chi connectivity index (χ1) is 8.79. The predicted octanol–water partition coefficient (Wildman–Crippen LogP) is 2.07. The summed E-state index contributed by atoms with van der Waals surface area (Å²) in [4.78, 5) is 4.50. The van der Waals surface area contributed by atoms with Crippen LogP contribution < -0.4 is 5.32 Å². The molecule has 1 aromatic carbocycles. The normalized spacial score (nSPS) is 10.8. The summed E-state index contributed by atoms with van der Waals surface area (Å²) in [6.07, 6.45) is 0.839. The average molecular weight is 266 g/mol. The molecule has 2 rings (SSSR count). The summed E-state index contributed by atoms with van der Waals surface area (Å²) in [5.74, 6) is -0.234. The SMILES string of the molecule is OCCNCCc1nc(-c2ccc(F)cc2)cs1. The first-order valence-electron chi connectivity index (χ1n) is 5.81. The Morgan fingerprint density at radius 3 is 2.72 bits per heavy atom. The highest BCUT2D eigenvalue weighted by molar-refractivity contribution is 7.09. The summed E-state index contributed by atoms with van der Waals surface area (Å²) in [5, 5.41) is 14.8. The van der Waals surface area contributed by atoms with Crippen LogP contribution in [0.25, 0.3) is 11.3 Å². The van der Waals surface area contributed by atoms with E-state index in [9.17, 15) is 4.39 Å². The van der Waals surface area contributed by atoms with Gasteiger partial charge in [-0.1, -0.05) is 0 Å². The second kappa shape index (κ2) is 6.58. The van der Waals surface area contributed by atoms with Crippen molar-refractivity contribution in [1.29, 1.82) is 0 Å². The number of rotatable bonds is 6. The zero-order chi connectivity index (χ0) is 12.8. The third kappa shape index (κ3) is 3.60. The van der Waals surface area contributed by atoms with E-state index in [0.717, 1.165) is 29.2 Å². The minimum absolute atomic E-state index is 0.151. The molecular formula is C13H15FN2OS. The lowest BCUT2D eigenvalue weighted by molar-refractivity contribution is 0.293. The van der Waals surface area contributed by atoms with Gasteiger partial charge in [-0.05, 0) is 24.3 Å². The molecule has 3 nitrogen and oxygen atoms in total. The van der Waals surface area contributed by atoms with E-state index in [1.807, 2.05) is 5.38 Å². The van der Waals surface area contributed by atoms with Crippen molar-refractivity contribution in [1.82, 2.24) is 10.3 Å². The summed E-state index contributed by atoms with van der Waals surface area (Å²) in [6, 6.07) is 6.35. The van der Waals surface area contributed by atoms with Crippen molar-refractivity contribution < 1.29 is 9.50 Å². The Labute approximate surface area is 109 Å². The van der Waals surface area contributed by atoms with Gasteiger partial charge in [0, 0.05) is 30.5 Å². The van der Waals surface area contributed by atoms with Gasteiger partial charge in [-0.25, -0.2) is 9.37 Å². The van der Waals surface area contributed by atoms with Crippen LogP contribution in [0.3, 0.4) is 0 Å². The molecule has 2 N–H and O–H groups in total. The lowest BCUT2D eigenvalue weighted by atomic mass is 10.2. The van der Waals surface area contributed by atoms with Crippen LogP contribution in [0.15, 0.2) is 29.6 Å². The fraction of sp³-hybridized carbons (Fsp3) is 0.308. The van der Waals surface area contributed by atoms with Gasteiger partial charge >= 0.3 is 0 Å². The molecule has 0 aliphatic heterocycles. The first-order valence-corrected chi connectivity index (χ1v) is 6.69. The van der Waals surface area contributed by atoms with Gasteiger partial charge in [0.2, 0.25) is 0 Å². The molecule has 0 bridgehead atoms. The minimum atomic E-state index is -0.234. The number of halogens is 1. The molecule has 96 valence electrons. The van der Waals surface area contributed by atoms with Crippen molar-refractivity contribution in [3.8, 4) is 11.3 Å². The molecule has 0 fully saturated rings. The predicted molar refractivity (Wildman–Crippen MR) is 71.2 cm³/mol.